The van der Waals surface area contributed by atoms with Gasteiger partial charge in [0, 0.05) is 4.88 Å². The first-order valence-corrected chi connectivity index (χ1v) is 9.97. The summed E-state index contributed by atoms with van der Waals surface area (Å²) in [6.45, 7) is -0.143. The van der Waals surface area contributed by atoms with E-state index in [0.717, 1.165) is 16.2 Å². The van der Waals surface area contributed by atoms with Crippen molar-refractivity contribution in [2.75, 3.05) is 19.5 Å². The van der Waals surface area contributed by atoms with Crippen LogP contribution in [-0.4, -0.2) is 29.7 Å². The van der Waals surface area contributed by atoms with Crippen LogP contribution in [0.3, 0.4) is 0 Å². The molecule has 0 radical (unpaired) electrons. The number of hydrogen-bond donors (Lipinski definition) is 1. The van der Waals surface area contributed by atoms with Crippen molar-refractivity contribution in [1.29, 1.82) is 0 Å². The van der Waals surface area contributed by atoms with Crippen LogP contribution in [0.15, 0.2) is 65.7 Å². The van der Waals surface area contributed by atoms with Crippen molar-refractivity contribution in [3.63, 3.8) is 0 Å². The van der Waals surface area contributed by atoms with Gasteiger partial charge in [-0.1, -0.05) is 12.1 Å². The molecule has 1 N–H and O–H groups in total. The topological polar surface area (TPSA) is 82.5 Å². The van der Waals surface area contributed by atoms with E-state index in [1.54, 1.807) is 25.3 Å². The highest BCUT2D eigenvalue weighted by Gasteiger charge is 2.13. The van der Waals surface area contributed by atoms with E-state index in [4.69, 9.17) is 9.47 Å². The number of nitrogens with one attached hydrogen (secondary N) is 1. The third-order valence-corrected chi connectivity index (χ3v) is 5.73. The molecule has 4 rings (SSSR count). The molecule has 0 saturated carbocycles. The zero-order chi connectivity index (χ0) is 21.1. The maximum Gasteiger partial charge on any atom is 0.271 e. The number of nitrogens with zero attached hydrogens (tertiary/aromatic N) is 2. The Bertz CT molecular complexity index is 1260. The van der Waals surface area contributed by atoms with E-state index in [0.29, 0.717) is 21.7 Å². The number of amides is 1. The zero-order valence-electron chi connectivity index (χ0n) is 16.4. The SMILES string of the molecule is COc1ccc(-c2cc3ncn(CC(=O)Nc4ccccc4OC)c(=O)c3s2)cc1. The number of fused-ring (bicyclic) bond motifs is 1. The Hall–Kier alpha value is -3.65. The molecule has 0 bridgehead atoms. The maximum atomic E-state index is 12.9. The molecule has 0 unspecified atom stereocenters. The molecule has 0 spiro atoms. The zero-order valence-corrected chi connectivity index (χ0v) is 17.2. The second-order valence-electron chi connectivity index (χ2n) is 6.48. The normalized spacial score (nSPS) is 10.7. The molecule has 0 fully saturated rings. The lowest BCUT2D eigenvalue weighted by Crippen LogP contribution is -2.27. The fraction of sp³-hybridized carbons (Fsp3) is 0.136. The van der Waals surface area contributed by atoms with Crippen LogP contribution in [0.2, 0.25) is 0 Å². The molecule has 0 aliphatic rings. The van der Waals surface area contributed by atoms with Gasteiger partial charge in [0.1, 0.15) is 22.7 Å². The Morgan fingerprint density at radius 1 is 1.10 bits per heavy atom. The summed E-state index contributed by atoms with van der Waals surface area (Å²) >= 11 is 1.35. The number of anilines is 1. The molecule has 1 amide bonds. The minimum atomic E-state index is -0.338. The van der Waals surface area contributed by atoms with Gasteiger partial charge < -0.3 is 14.8 Å². The van der Waals surface area contributed by atoms with E-state index in [2.05, 4.69) is 10.3 Å². The average Bonchev–Trinajstić information content (AvgIpc) is 3.21. The fourth-order valence-electron chi connectivity index (χ4n) is 3.05. The van der Waals surface area contributed by atoms with Crippen LogP contribution >= 0.6 is 11.3 Å². The highest BCUT2D eigenvalue weighted by atomic mass is 32.1. The van der Waals surface area contributed by atoms with E-state index < -0.39 is 0 Å². The van der Waals surface area contributed by atoms with Crippen molar-refractivity contribution >= 4 is 33.1 Å². The smallest absolute Gasteiger partial charge is 0.271 e. The van der Waals surface area contributed by atoms with Crippen LogP contribution in [-0.2, 0) is 11.3 Å². The first-order valence-electron chi connectivity index (χ1n) is 9.15. The largest absolute Gasteiger partial charge is 0.497 e. The number of carbonyl (C=O) groups is 1. The van der Waals surface area contributed by atoms with Crippen LogP contribution in [0, 0.1) is 0 Å². The van der Waals surface area contributed by atoms with Gasteiger partial charge in [0.2, 0.25) is 5.91 Å². The summed E-state index contributed by atoms with van der Waals surface area (Å²) in [5, 5.41) is 2.77. The summed E-state index contributed by atoms with van der Waals surface area (Å²) in [4.78, 5) is 30.6. The molecule has 0 aliphatic heterocycles. The molecular weight excluding hydrogens is 402 g/mol. The number of ether oxygens (including phenoxy) is 2. The molecule has 7 nitrogen and oxygen atoms in total. The Morgan fingerprint density at radius 2 is 1.87 bits per heavy atom. The van der Waals surface area contributed by atoms with Crippen molar-refractivity contribution < 1.29 is 14.3 Å². The van der Waals surface area contributed by atoms with Gasteiger partial charge in [-0.3, -0.25) is 14.2 Å². The number of thiophene rings is 1. The maximum absolute atomic E-state index is 12.9. The summed E-state index contributed by atoms with van der Waals surface area (Å²) in [5.41, 5.74) is 1.88. The fourth-order valence-corrected chi connectivity index (χ4v) is 4.11. The summed E-state index contributed by atoms with van der Waals surface area (Å²) in [6.07, 6.45) is 1.40. The number of aromatic nitrogens is 2. The van der Waals surface area contributed by atoms with E-state index in [1.807, 2.05) is 36.4 Å². The quantitative estimate of drug-likeness (QED) is 0.512. The number of methoxy groups -OCH3 is 2. The summed E-state index contributed by atoms with van der Waals surface area (Å²) in [7, 11) is 3.15. The Kier molecular flexibility index (Phi) is 5.49. The van der Waals surface area contributed by atoms with Crippen LogP contribution < -0.4 is 20.3 Å². The molecule has 2 aromatic heterocycles. The lowest BCUT2D eigenvalue weighted by Gasteiger charge is -2.10. The third kappa shape index (κ3) is 3.90. The molecular formula is C22H19N3O4S. The van der Waals surface area contributed by atoms with E-state index >= 15 is 0 Å². The lowest BCUT2D eigenvalue weighted by molar-refractivity contribution is -0.116. The highest BCUT2D eigenvalue weighted by molar-refractivity contribution is 7.22. The molecule has 2 heterocycles. The Morgan fingerprint density at radius 3 is 2.60 bits per heavy atom. The first kappa shape index (κ1) is 19.7. The second-order valence-corrected chi connectivity index (χ2v) is 7.53. The van der Waals surface area contributed by atoms with E-state index in [-0.39, 0.29) is 18.0 Å². The number of hydrogen-bond acceptors (Lipinski definition) is 6. The van der Waals surface area contributed by atoms with Crippen LogP contribution in [0.4, 0.5) is 5.69 Å². The number of rotatable bonds is 6. The third-order valence-electron chi connectivity index (χ3n) is 4.57. The lowest BCUT2D eigenvalue weighted by atomic mass is 10.2. The number of benzene rings is 2. The molecule has 152 valence electrons. The van der Waals surface area contributed by atoms with Gasteiger partial charge in [0.15, 0.2) is 0 Å². The molecule has 0 saturated heterocycles. The average molecular weight is 421 g/mol. The van der Waals surface area contributed by atoms with E-state index in [1.165, 1.54) is 29.3 Å². The minimum absolute atomic E-state index is 0.143. The van der Waals surface area contributed by atoms with Crippen molar-refractivity contribution in [3.05, 3.63) is 71.3 Å². The van der Waals surface area contributed by atoms with Gasteiger partial charge in [-0.15, -0.1) is 11.3 Å². The first-order chi connectivity index (χ1) is 14.6. The highest BCUT2D eigenvalue weighted by Crippen LogP contribution is 2.31. The molecule has 0 aliphatic carbocycles. The standard InChI is InChI=1S/C22H19N3O4S/c1-28-15-9-7-14(8-10-15)19-11-17-21(30-19)22(27)25(13-23-17)12-20(26)24-16-5-3-4-6-18(16)29-2/h3-11,13H,12H2,1-2H3,(H,24,26). The van der Waals surface area contributed by atoms with Crippen molar-refractivity contribution in [2.45, 2.75) is 6.54 Å². The number of carbonyl (C=O) groups excluding carboxylic acids is 1. The van der Waals surface area contributed by atoms with Crippen LogP contribution in [0.25, 0.3) is 20.7 Å². The molecule has 30 heavy (non-hydrogen) atoms. The monoisotopic (exact) mass is 421 g/mol. The van der Waals surface area contributed by atoms with E-state index in [9.17, 15) is 9.59 Å². The van der Waals surface area contributed by atoms with Crippen LogP contribution in [0.5, 0.6) is 11.5 Å². The molecule has 2 aromatic carbocycles. The van der Waals surface area contributed by atoms with Gasteiger partial charge in [-0.25, -0.2) is 4.98 Å². The second kappa shape index (κ2) is 8.38. The predicted molar refractivity (Wildman–Crippen MR) is 117 cm³/mol. The Balaban J connectivity index is 1.58. The van der Waals surface area contributed by atoms with Gasteiger partial charge in [0.25, 0.3) is 5.56 Å². The van der Waals surface area contributed by atoms with Gasteiger partial charge in [-0.2, -0.15) is 0 Å². The summed E-state index contributed by atoms with van der Waals surface area (Å²) in [6, 6.07) is 16.6. The summed E-state index contributed by atoms with van der Waals surface area (Å²) in [5.74, 6) is 0.977. The van der Waals surface area contributed by atoms with Gasteiger partial charge in [-0.05, 0) is 48.0 Å². The van der Waals surface area contributed by atoms with Crippen molar-refractivity contribution in [3.8, 4) is 21.9 Å². The molecule has 4 aromatic rings. The van der Waals surface area contributed by atoms with Crippen molar-refractivity contribution in [2.24, 2.45) is 0 Å². The van der Waals surface area contributed by atoms with Crippen molar-refractivity contribution in [1.82, 2.24) is 9.55 Å². The van der Waals surface area contributed by atoms with Gasteiger partial charge >= 0.3 is 0 Å². The molecule has 8 heteroatoms. The van der Waals surface area contributed by atoms with Gasteiger partial charge in [0.05, 0.1) is 31.8 Å². The van der Waals surface area contributed by atoms with Crippen LogP contribution in [0.1, 0.15) is 0 Å². The number of para-hydroxylation sites is 2. The molecule has 0 atom stereocenters. The Labute approximate surface area is 176 Å². The minimum Gasteiger partial charge on any atom is -0.497 e. The summed E-state index contributed by atoms with van der Waals surface area (Å²) < 4.78 is 12.2. The predicted octanol–water partition coefficient (Wildman–Crippen LogP) is 3.78.